The van der Waals surface area contributed by atoms with Crippen molar-refractivity contribution in [1.29, 1.82) is 0 Å². The average molecular weight is 357 g/mol. The molecule has 25 heavy (non-hydrogen) atoms. The molecule has 0 saturated heterocycles. The quantitative estimate of drug-likeness (QED) is 0.424. The minimum atomic E-state index is -0.323. The summed E-state index contributed by atoms with van der Waals surface area (Å²) in [6.07, 6.45) is 5.21. The molecule has 0 spiro atoms. The van der Waals surface area contributed by atoms with E-state index in [0.29, 0.717) is 18.9 Å². The predicted molar refractivity (Wildman–Crippen MR) is 102 cm³/mol. The molecule has 0 bridgehead atoms. The lowest BCUT2D eigenvalue weighted by molar-refractivity contribution is 0.166. The third-order valence-electron chi connectivity index (χ3n) is 4.32. The average Bonchev–Trinajstić information content (AvgIpc) is 2.48. The molecule has 0 aromatic rings. The molecule has 0 aromatic heterocycles. The third kappa shape index (κ3) is 9.18. The first-order valence-corrected chi connectivity index (χ1v) is 9.51. The molecule has 146 valence electrons. The fourth-order valence-electron chi connectivity index (χ4n) is 2.93. The van der Waals surface area contributed by atoms with Gasteiger partial charge in [0, 0.05) is 13.0 Å². The Morgan fingerprint density at radius 2 is 1.52 bits per heavy atom. The first kappa shape index (κ1) is 21.9. The number of nitrogens with zero attached hydrogens (tertiary/aromatic N) is 3. The van der Waals surface area contributed by atoms with Crippen LogP contribution in [0.15, 0.2) is 9.98 Å². The highest BCUT2D eigenvalue weighted by molar-refractivity contribution is 5.97. The Balaban J connectivity index is 2.67. The van der Waals surface area contributed by atoms with Gasteiger partial charge >= 0.3 is 0 Å². The summed E-state index contributed by atoms with van der Waals surface area (Å²) in [6.45, 7) is 6.07. The summed E-state index contributed by atoms with van der Waals surface area (Å²) >= 11 is 0. The minimum absolute atomic E-state index is 0.0631. The molecule has 0 amide bonds. The highest BCUT2D eigenvalue weighted by Gasteiger charge is 2.24. The summed E-state index contributed by atoms with van der Waals surface area (Å²) in [5.74, 6) is 1.22. The maximum Gasteiger partial charge on any atom is 0.199 e. The van der Waals surface area contributed by atoms with Crippen LogP contribution in [0.3, 0.4) is 0 Å². The van der Waals surface area contributed by atoms with E-state index < -0.39 is 0 Å². The van der Waals surface area contributed by atoms with Crippen LogP contribution < -0.4 is 5.73 Å². The number of hydrogen-bond acceptors (Lipinski definition) is 7. The van der Waals surface area contributed by atoms with Crippen molar-refractivity contribution in [3.05, 3.63) is 0 Å². The Morgan fingerprint density at radius 3 is 2.12 bits per heavy atom. The van der Waals surface area contributed by atoms with Crippen molar-refractivity contribution in [2.45, 2.75) is 96.6 Å². The van der Waals surface area contributed by atoms with E-state index in [-0.39, 0.29) is 24.5 Å². The Kier molecular flexibility index (Phi) is 10.0. The molecule has 0 saturated carbocycles. The molecule has 7 nitrogen and oxygen atoms in total. The van der Waals surface area contributed by atoms with Crippen molar-refractivity contribution in [3.63, 3.8) is 0 Å². The number of aliphatic hydroxyl groups is 3. The Bertz CT molecular complexity index is 436. The fraction of sp³-hybridized carbons (Fsp3) is 0.889. The summed E-state index contributed by atoms with van der Waals surface area (Å²) in [7, 11) is 0. The van der Waals surface area contributed by atoms with Crippen molar-refractivity contribution in [2.75, 3.05) is 6.54 Å². The van der Waals surface area contributed by atoms with Gasteiger partial charge in [-0.25, -0.2) is 9.98 Å². The van der Waals surface area contributed by atoms with Crippen LogP contribution in [0.5, 0.6) is 0 Å². The van der Waals surface area contributed by atoms with Crippen LogP contribution in [-0.2, 0) is 0 Å². The standard InChI is InChI=1S/C18H36N4O3/c1-13(23)7-4-10-16-20-17(11-5-8-14(2)24)22(18(19)21-16)12-6-9-15(3)25/h13-15,17,23-25H,4-12H2,1-3H3,(H2,19,20,21). The smallest absolute Gasteiger partial charge is 0.199 e. The zero-order valence-electron chi connectivity index (χ0n) is 15.9. The topological polar surface area (TPSA) is 115 Å². The van der Waals surface area contributed by atoms with Gasteiger partial charge in [-0.1, -0.05) is 0 Å². The Hall–Kier alpha value is -1.18. The van der Waals surface area contributed by atoms with Gasteiger partial charge in [0.25, 0.3) is 0 Å². The number of rotatable bonds is 12. The van der Waals surface area contributed by atoms with Gasteiger partial charge in [0.15, 0.2) is 5.96 Å². The lowest BCUT2D eigenvalue weighted by Crippen LogP contribution is -2.47. The molecule has 0 radical (unpaired) electrons. The zero-order valence-corrected chi connectivity index (χ0v) is 15.9. The Labute approximate surface area is 151 Å². The van der Waals surface area contributed by atoms with Crippen LogP contribution >= 0.6 is 0 Å². The molecule has 1 aliphatic rings. The number of amidine groups is 1. The van der Waals surface area contributed by atoms with Crippen molar-refractivity contribution in [2.24, 2.45) is 15.7 Å². The maximum absolute atomic E-state index is 9.47. The van der Waals surface area contributed by atoms with Crippen molar-refractivity contribution >= 4 is 11.8 Å². The van der Waals surface area contributed by atoms with Gasteiger partial charge in [-0.05, 0) is 65.7 Å². The van der Waals surface area contributed by atoms with Crippen LogP contribution in [0.25, 0.3) is 0 Å². The molecule has 1 rings (SSSR count). The van der Waals surface area contributed by atoms with Crippen molar-refractivity contribution < 1.29 is 15.3 Å². The zero-order chi connectivity index (χ0) is 18.8. The largest absolute Gasteiger partial charge is 0.393 e. The number of aliphatic imine (C=N–C) groups is 2. The van der Waals surface area contributed by atoms with E-state index in [1.807, 2.05) is 4.90 Å². The van der Waals surface area contributed by atoms with Crippen molar-refractivity contribution in [1.82, 2.24) is 4.90 Å². The molecular formula is C18H36N4O3. The molecule has 4 atom stereocenters. The number of hydrogen-bond donors (Lipinski definition) is 4. The van der Waals surface area contributed by atoms with Crippen LogP contribution in [-0.4, -0.2) is 63.0 Å². The van der Waals surface area contributed by atoms with Crippen LogP contribution in [0.4, 0.5) is 0 Å². The monoisotopic (exact) mass is 356 g/mol. The van der Waals surface area contributed by atoms with Gasteiger partial charge in [0.1, 0.15) is 12.0 Å². The van der Waals surface area contributed by atoms with E-state index in [9.17, 15) is 15.3 Å². The molecule has 0 aromatic carbocycles. The summed E-state index contributed by atoms with van der Waals surface area (Å²) in [5.41, 5.74) is 6.17. The van der Waals surface area contributed by atoms with Gasteiger partial charge in [-0.15, -0.1) is 0 Å². The normalized spacial score (nSPS) is 21.5. The van der Waals surface area contributed by atoms with E-state index in [1.165, 1.54) is 0 Å². The molecule has 1 heterocycles. The summed E-state index contributed by atoms with van der Waals surface area (Å²) in [6, 6.07) is 0. The SMILES string of the molecule is CC(O)CCCC1=NC(CCCC(C)O)N(CCCC(C)O)C(N)=N1. The van der Waals surface area contributed by atoms with Gasteiger partial charge in [-0.2, -0.15) is 0 Å². The first-order chi connectivity index (χ1) is 11.8. The summed E-state index contributed by atoms with van der Waals surface area (Å²) in [5, 5.41) is 28.3. The molecule has 0 fully saturated rings. The molecule has 0 aliphatic carbocycles. The lowest BCUT2D eigenvalue weighted by atomic mass is 10.1. The van der Waals surface area contributed by atoms with Crippen molar-refractivity contribution in [3.8, 4) is 0 Å². The predicted octanol–water partition coefficient (Wildman–Crippen LogP) is 1.60. The van der Waals surface area contributed by atoms with E-state index in [0.717, 1.165) is 50.8 Å². The molecule has 5 N–H and O–H groups in total. The highest BCUT2D eigenvalue weighted by atomic mass is 16.3. The third-order valence-corrected chi connectivity index (χ3v) is 4.32. The minimum Gasteiger partial charge on any atom is -0.393 e. The van der Waals surface area contributed by atoms with Gasteiger partial charge < -0.3 is 26.0 Å². The van der Waals surface area contributed by atoms with Crippen LogP contribution in [0, 0.1) is 0 Å². The molecule has 1 aliphatic heterocycles. The highest BCUT2D eigenvalue weighted by Crippen LogP contribution is 2.18. The number of guanidine groups is 1. The lowest BCUT2D eigenvalue weighted by Gasteiger charge is -2.33. The number of nitrogens with two attached hydrogens (primary N) is 1. The van der Waals surface area contributed by atoms with Crippen LogP contribution in [0.1, 0.15) is 72.1 Å². The summed E-state index contributed by atoms with van der Waals surface area (Å²) in [4.78, 5) is 11.2. The number of aliphatic hydroxyl groups excluding tert-OH is 3. The summed E-state index contributed by atoms with van der Waals surface area (Å²) < 4.78 is 0. The Morgan fingerprint density at radius 1 is 0.960 bits per heavy atom. The van der Waals surface area contributed by atoms with E-state index >= 15 is 0 Å². The van der Waals surface area contributed by atoms with E-state index in [4.69, 9.17) is 10.7 Å². The van der Waals surface area contributed by atoms with Gasteiger partial charge in [0.05, 0.1) is 18.3 Å². The fourth-order valence-corrected chi connectivity index (χ4v) is 2.93. The van der Waals surface area contributed by atoms with E-state index in [2.05, 4.69) is 4.99 Å². The second-order valence-corrected chi connectivity index (χ2v) is 7.20. The second-order valence-electron chi connectivity index (χ2n) is 7.20. The van der Waals surface area contributed by atoms with E-state index in [1.54, 1.807) is 20.8 Å². The van der Waals surface area contributed by atoms with Crippen LogP contribution in [0.2, 0.25) is 0 Å². The van der Waals surface area contributed by atoms with Gasteiger partial charge in [-0.3, -0.25) is 0 Å². The molecular weight excluding hydrogens is 320 g/mol. The van der Waals surface area contributed by atoms with Gasteiger partial charge in [0.2, 0.25) is 0 Å². The first-order valence-electron chi connectivity index (χ1n) is 9.51. The maximum atomic E-state index is 9.47. The molecule has 4 unspecified atom stereocenters. The molecule has 7 heteroatoms. The second kappa shape index (κ2) is 11.4.